The van der Waals surface area contributed by atoms with Gasteiger partial charge in [-0.2, -0.15) is 5.10 Å². The van der Waals surface area contributed by atoms with Gasteiger partial charge in [0.2, 0.25) is 5.91 Å². The summed E-state index contributed by atoms with van der Waals surface area (Å²) in [6.07, 6.45) is 4.01. The van der Waals surface area contributed by atoms with Gasteiger partial charge in [-0.3, -0.25) is 4.79 Å². The number of nitrogens with one attached hydrogen (secondary N) is 2. The topological polar surface area (TPSA) is 107 Å². The summed E-state index contributed by atoms with van der Waals surface area (Å²) in [4.78, 5) is 25.3. The maximum Gasteiger partial charge on any atom is 0.217 e. The molecule has 174 valence electrons. The molecule has 1 aliphatic heterocycles. The number of ether oxygens (including phenoxy) is 1. The van der Waals surface area contributed by atoms with Crippen LogP contribution in [0.5, 0.6) is 5.75 Å². The number of nitrogens with zero attached hydrogens (tertiary/aromatic N) is 5. The number of carbonyl (C=O) groups is 1. The summed E-state index contributed by atoms with van der Waals surface area (Å²) in [6, 6.07) is 15.8. The summed E-state index contributed by atoms with van der Waals surface area (Å²) in [6.45, 7) is 2.11. The Morgan fingerprint density at radius 1 is 1.17 bits per heavy atom. The molecule has 0 spiro atoms. The van der Waals surface area contributed by atoms with Gasteiger partial charge in [0.15, 0.2) is 10.8 Å². The van der Waals surface area contributed by atoms with E-state index in [4.69, 9.17) is 9.72 Å². The van der Waals surface area contributed by atoms with Crippen molar-refractivity contribution >= 4 is 39.2 Å². The van der Waals surface area contributed by atoms with Gasteiger partial charge < -0.3 is 15.4 Å². The van der Waals surface area contributed by atoms with Crippen LogP contribution in [0, 0.1) is 0 Å². The fourth-order valence-electron chi connectivity index (χ4n) is 4.22. The van der Waals surface area contributed by atoms with E-state index in [1.807, 2.05) is 53.9 Å². The number of thiazole rings is 1. The molecule has 0 saturated heterocycles. The van der Waals surface area contributed by atoms with Crippen LogP contribution in [0.2, 0.25) is 0 Å². The Hall–Kier alpha value is -4.31. The molecule has 5 aromatic rings. The normalized spacial score (nSPS) is 14.8. The number of amides is 1. The van der Waals surface area contributed by atoms with Crippen molar-refractivity contribution in [3.05, 3.63) is 72.0 Å². The molecule has 1 atom stereocenters. The van der Waals surface area contributed by atoms with Gasteiger partial charge in [0, 0.05) is 29.9 Å². The number of fused-ring (bicyclic) bond motifs is 2. The highest BCUT2D eigenvalue weighted by Crippen LogP contribution is 2.36. The van der Waals surface area contributed by atoms with Crippen molar-refractivity contribution in [3.8, 4) is 22.7 Å². The van der Waals surface area contributed by atoms with Crippen molar-refractivity contribution in [1.29, 1.82) is 0 Å². The number of carbonyl (C=O) groups excluding carboxylic acids is 1. The Morgan fingerprint density at radius 3 is 2.91 bits per heavy atom. The van der Waals surface area contributed by atoms with Crippen LogP contribution >= 0.6 is 11.3 Å². The van der Waals surface area contributed by atoms with E-state index in [1.54, 1.807) is 10.9 Å². The molecule has 0 bridgehead atoms. The SMILES string of the molecule is CC(=O)NC1CCOc2ccc(-c3csc(Nc4ncnc5c4cnn5-c4ccccc4)n3)cc21. The Balaban J connectivity index is 1.29. The zero-order valence-corrected chi connectivity index (χ0v) is 19.6. The van der Waals surface area contributed by atoms with Crippen LogP contribution in [0.15, 0.2) is 66.4 Å². The molecule has 0 aliphatic carbocycles. The van der Waals surface area contributed by atoms with Gasteiger partial charge in [-0.15, -0.1) is 11.3 Å². The summed E-state index contributed by atoms with van der Waals surface area (Å²) >= 11 is 1.49. The lowest BCUT2D eigenvalue weighted by atomic mass is 9.97. The van der Waals surface area contributed by atoms with Crippen LogP contribution in [0.25, 0.3) is 28.0 Å². The lowest BCUT2D eigenvalue weighted by Crippen LogP contribution is -2.30. The van der Waals surface area contributed by atoms with E-state index in [-0.39, 0.29) is 11.9 Å². The molecule has 9 nitrogen and oxygen atoms in total. The molecule has 3 aromatic heterocycles. The van der Waals surface area contributed by atoms with E-state index in [9.17, 15) is 4.79 Å². The minimum absolute atomic E-state index is 0.0554. The Bertz CT molecular complexity index is 1530. The number of aromatic nitrogens is 5. The van der Waals surface area contributed by atoms with Crippen molar-refractivity contribution in [2.45, 2.75) is 19.4 Å². The Morgan fingerprint density at radius 2 is 2.06 bits per heavy atom. The van der Waals surface area contributed by atoms with E-state index >= 15 is 0 Å². The maximum atomic E-state index is 11.6. The number of rotatable bonds is 5. The summed E-state index contributed by atoms with van der Waals surface area (Å²) in [7, 11) is 0. The molecule has 0 saturated carbocycles. The van der Waals surface area contributed by atoms with Gasteiger partial charge in [0.1, 0.15) is 17.9 Å². The number of anilines is 2. The molecule has 2 aromatic carbocycles. The quantitative estimate of drug-likeness (QED) is 0.375. The molecule has 1 unspecified atom stereocenters. The average molecular weight is 484 g/mol. The van der Waals surface area contributed by atoms with Crippen LogP contribution in [-0.2, 0) is 4.79 Å². The van der Waals surface area contributed by atoms with E-state index in [2.05, 4.69) is 25.7 Å². The number of para-hydroxylation sites is 1. The predicted octanol–water partition coefficient (Wildman–Crippen LogP) is 4.64. The Kier molecular flexibility index (Phi) is 5.34. The first-order valence-corrected chi connectivity index (χ1v) is 12.0. The predicted molar refractivity (Wildman–Crippen MR) is 134 cm³/mol. The third-order valence-corrected chi connectivity index (χ3v) is 6.58. The second-order valence-corrected chi connectivity index (χ2v) is 9.02. The third-order valence-electron chi connectivity index (χ3n) is 5.82. The van der Waals surface area contributed by atoms with Crippen LogP contribution in [0.1, 0.15) is 24.9 Å². The van der Waals surface area contributed by atoms with E-state index in [0.29, 0.717) is 23.2 Å². The molecule has 6 rings (SSSR count). The molecule has 4 heterocycles. The second-order valence-electron chi connectivity index (χ2n) is 8.16. The van der Waals surface area contributed by atoms with Crippen LogP contribution in [0.3, 0.4) is 0 Å². The van der Waals surface area contributed by atoms with Gasteiger partial charge in [-0.25, -0.2) is 19.6 Å². The molecule has 0 fully saturated rings. The van der Waals surface area contributed by atoms with Crippen LogP contribution < -0.4 is 15.4 Å². The maximum absolute atomic E-state index is 11.6. The molecule has 10 heteroatoms. The monoisotopic (exact) mass is 483 g/mol. The van der Waals surface area contributed by atoms with Crippen LogP contribution in [-0.4, -0.2) is 37.2 Å². The van der Waals surface area contributed by atoms with Crippen molar-refractivity contribution in [2.75, 3.05) is 11.9 Å². The van der Waals surface area contributed by atoms with Crippen molar-refractivity contribution in [2.24, 2.45) is 0 Å². The number of hydrogen-bond donors (Lipinski definition) is 2. The zero-order chi connectivity index (χ0) is 23.8. The third kappa shape index (κ3) is 4.08. The largest absolute Gasteiger partial charge is 0.493 e. The summed E-state index contributed by atoms with van der Waals surface area (Å²) < 4.78 is 7.57. The van der Waals surface area contributed by atoms with Crippen LogP contribution in [0.4, 0.5) is 10.9 Å². The van der Waals surface area contributed by atoms with Gasteiger partial charge >= 0.3 is 0 Å². The molecule has 2 N–H and O–H groups in total. The fraction of sp³-hybridized carbons (Fsp3) is 0.160. The van der Waals surface area contributed by atoms with Gasteiger partial charge in [0.25, 0.3) is 0 Å². The fourth-order valence-corrected chi connectivity index (χ4v) is 4.93. The Labute approximate surface area is 204 Å². The van der Waals surface area contributed by atoms with Crippen molar-refractivity contribution in [1.82, 2.24) is 30.0 Å². The lowest BCUT2D eigenvalue weighted by molar-refractivity contribution is -0.119. The standard InChI is InChI=1S/C25H21N7O2S/c1-15(33)29-20-9-10-34-22-8-7-16(11-18(20)22)21-13-35-25(30-21)31-23-19-12-28-32(24(19)27-14-26-23)17-5-3-2-4-6-17/h2-8,11-14,20H,9-10H2,1H3,(H,29,33)(H,26,27,30,31). The van der Waals surface area contributed by atoms with E-state index in [1.165, 1.54) is 24.6 Å². The second kappa shape index (κ2) is 8.80. The highest BCUT2D eigenvalue weighted by molar-refractivity contribution is 7.14. The first-order valence-electron chi connectivity index (χ1n) is 11.2. The van der Waals surface area contributed by atoms with Gasteiger partial charge in [-0.1, -0.05) is 18.2 Å². The summed E-state index contributed by atoms with van der Waals surface area (Å²) in [5.74, 6) is 1.38. The molecular weight excluding hydrogens is 462 g/mol. The zero-order valence-electron chi connectivity index (χ0n) is 18.8. The minimum Gasteiger partial charge on any atom is -0.493 e. The first-order chi connectivity index (χ1) is 17.2. The number of hydrogen-bond acceptors (Lipinski definition) is 8. The van der Waals surface area contributed by atoms with E-state index in [0.717, 1.165) is 40.1 Å². The smallest absolute Gasteiger partial charge is 0.217 e. The summed E-state index contributed by atoms with van der Waals surface area (Å²) in [5.41, 5.74) is 4.40. The summed E-state index contributed by atoms with van der Waals surface area (Å²) in [5, 5.41) is 14.3. The van der Waals surface area contributed by atoms with Crippen molar-refractivity contribution < 1.29 is 9.53 Å². The lowest BCUT2D eigenvalue weighted by Gasteiger charge is -2.26. The molecule has 35 heavy (non-hydrogen) atoms. The first kappa shape index (κ1) is 21.2. The highest BCUT2D eigenvalue weighted by atomic mass is 32.1. The molecule has 0 radical (unpaired) electrons. The molecule has 1 amide bonds. The molecular formula is C25H21N7O2S. The average Bonchev–Trinajstić information content (AvgIpc) is 3.52. The van der Waals surface area contributed by atoms with Gasteiger partial charge in [0.05, 0.1) is 35.6 Å². The highest BCUT2D eigenvalue weighted by Gasteiger charge is 2.23. The van der Waals surface area contributed by atoms with E-state index < -0.39 is 0 Å². The molecule has 1 aliphatic rings. The van der Waals surface area contributed by atoms with Crippen molar-refractivity contribution in [3.63, 3.8) is 0 Å². The minimum atomic E-state index is -0.0668. The number of benzene rings is 2. The van der Waals surface area contributed by atoms with Gasteiger partial charge in [-0.05, 0) is 30.3 Å².